The van der Waals surface area contributed by atoms with E-state index in [1.165, 1.54) is 0 Å². The minimum absolute atomic E-state index is 0.423. The van der Waals surface area contributed by atoms with Crippen molar-refractivity contribution in [2.75, 3.05) is 0 Å². The van der Waals surface area contributed by atoms with Crippen molar-refractivity contribution in [3.05, 3.63) is 102 Å². The van der Waals surface area contributed by atoms with Gasteiger partial charge < -0.3 is 4.74 Å². The molecule has 3 aromatic carbocycles. The Morgan fingerprint density at radius 2 is 1.48 bits per heavy atom. The highest BCUT2D eigenvalue weighted by Gasteiger charge is 2.20. The zero-order valence-corrected chi connectivity index (χ0v) is 14.9. The van der Waals surface area contributed by atoms with Gasteiger partial charge in [-0.3, -0.25) is 0 Å². The van der Waals surface area contributed by atoms with Gasteiger partial charge in [-0.1, -0.05) is 66.2 Å². The van der Waals surface area contributed by atoms with E-state index in [-0.39, 0.29) is 0 Å². The van der Waals surface area contributed by atoms with E-state index in [1.807, 2.05) is 79.7 Å². The first-order valence-electron chi connectivity index (χ1n) is 8.70. The predicted molar refractivity (Wildman–Crippen MR) is 105 cm³/mol. The Kier molecular flexibility index (Phi) is 4.54. The summed E-state index contributed by atoms with van der Waals surface area (Å²) in [6.45, 7) is 2.02. The van der Waals surface area contributed by atoms with E-state index in [4.69, 9.17) is 4.74 Å². The number of esters is 1. The van der Waals surface area contributed by atoms with Gasteiger partial charge in [0.25, 0.3) is 0 Å². The van der Waals surface area contributed by atoms with Gasteiger partial charge in [-0.15, -0.1) is 0 Å². The molecule has 4 rings (SSSR count). The lowest BCUT2D eigenvalue weighted by Gasteiger charge is -2.04. The van der Waals surface area contributed by atoms with Crippen molar-refractivity contribution in [2.24, 2.45) is 0 Å². The van der Waals surface area contributed by atoms with Crippen LogP contribution in [0.4, 0.5) is 0 Å². The van der Waals surface area contributed by atoms with Crippen LogP contribution >= 0.6 is 0 Å². The van der Waals surface area contributed by atoms with Crippen molar-refractivity contribution in [2.45, 2.75) is 6.92 Å². The van der Waals surface area contributed by atoms with Gasteiger partial charge in [0.05, 0.1) is 5.69 Å². The minimum atomic E-state index is -0.432. The Morgan fingerprint density at radius 3 is 2.15 bits per heavy atom. The summed E-state index contributed by atoms with van der Waals surface area (Å²) >= 11 is 0. The van der Waals surface area contributed by atoms with Crippen LogP contribution in [0.1, 0.15) is 15.9 Å². The number of aryl methyl sites for hydroxylation is 1. The summed E-state index contributed by atoms with van der Waals surface area (Å²) in [6.07, 6.45) is 1.72. The first-order chi connectivity index (χ1) is 13.2. The van der Waals surface area contributed by atoms with Gasteiger partial charge in [-0.2, -0.15) is 5.10 Å². The first kappa shape index (κ1) is 16.8. The van der Waals surface area contributed by atoms with Crippen LogP contribution in [0.2, 0.25) is 0 Å². The zero-order chi connectivity index (χ0) is 18.6. The summed E-state index contributed by atoms with van der Waals surface area (Å²) in [6, 6.07) is 26.7. The predicted octanol–water partition coefficient (Wildman–Crippen LogP) is 5.07. The van der Waals surface area contributed by atoms with Crippen molar-refractivity contribution in [3.63, 3.8) is 0 Å². The van der Waals surface area contributed by atoms with E-state index in [2.05, 4.69) is 5.10 Å². The number of para-hydroxylation sites is 2. The summed E-state index contributed by atoms with van der Waals surface area (Å²) in [5.74, 6) is 0.0729. The normalized spacial score (nSPS) is 10.6. The molecule has 27 heavy (non-hydrogen) atoms. The Labute approximate surface area is 157 Å². The molecule has 0 saturated carbocycles. The second-order valence-electron chi connectivity index (χ2n) is 6.24. The van der Waals surface area contributed by atoms with Crippen molar-refractivity contribution in [1.29, 1.82) is 0 Å². The van der Waals surface area contributed by atoms with Gasteiger partial charge in [-0.25, -0.2) is 9.48 Å². The van der Waals surface area contributed by atoms with Crippen LogP contribution in [0.25, 0.3) is 16.9 Å². The second-order valence-corrected chi connectivity index (χ2v) is 6.24. The Balaban J connectivity index is 1.77. The summed E-state index contributed by atoms with van der Waals surface area (Å²) in [5, 5.41) is 4.66. The third-order valence-corrected chi connectivity index (χ3v) is 4.23. The van der Waals surface area contributed by atoms with Crippen LogP contribution in [0.15, 0.2) is 91.1 Å². The molecular weight excluding hydrogens is 336 g/mol. The average molecular weight is 354 g/mol. The van der Waals surface area contributed by atoms with Crippen molar-refractivity contribution in [1.82, 2.24) is 9.78 Å². The number of hydrogen-bond donors (Lipinski definition) is 0. The molecule has 4 nitrogen and oxygen atoms in total. The van der Waals surface area contributed by atoms with Gasteiger partial charge in [0.1, 0.15) is 17.0 Å². The van der Waals surface area contributed by atoms with Crippen LogP contribution in [0, 0.1) is 6.92 Å². The van der Waals surface area contributed by atoms with E-state index < -0.39 is 5.97 Å². The van der Waals surface area contributed by atoms with Gasteiger partial charge in [0.15, 0.2) is 0 Å². The maximum Gasteiger partial charge on any atom is 0.347 e. The molecule has 0 unspecified atom stereocenters. The Hall–Kier alpha value is -3.66. The summed E-state index contributed by atoms with van der Waals surface area (Å²) in [7, 11) is 0. The van der Waals surface area contributed by atoms with Crippen LogP contribution < -0.4 is 4.74 Å². The lowest BCUT2D eigenvalue weighted by molar-refractivity contribution is 0.0735. The molecule has 0 atom stereocenters. The highest BCUT2D eigenvalue weighted by Crippen LogP contribution is 2.25. The third kappa shape index (κ3) is 3.65. The maximum atomic E-state index is 12.8. The van der Waals surface area contributed by atoms with Gasteiger partial charge in [-0.05, 0) is 31.2 Å². The number of rotatable bonds is 4. The number of benzene rings is 3. The number of nitrogens with zero attached hydrogens (tertiary/aromatic N) is 2. The Bertz CT molecular complexity index is 1050. The molecule has 0 bridgehead atoms. The smallest absolute Gasteiger partial charge is 0.347 e. The lowest BCUT2D eigenvalue weighted by atomic mass is 10.1. The number of carbonyl (C=O) groups excluding carboxylic acids is 1. The van der Waals surface area contributed by atoms with E-state index in [9.17, 15) is 4.79 Å². The SMILES string of the molecule is Cc1ccc(-c2nn(-c3ccccc3)cc2C(=O)Oc2ccccc2)cc1. The highest BCUT2D eigenvalue weighted by molar-refractivity contribution is 5.97. The molecule has 0 radical (unpaired) electrons. The minimum Gasteiger partial charge on any atom is -0.423 e. The molecule has 0 amide bonds. The fraction of sp³-hybridized carbons (Fsp3) is 0.0435. The van der Waals surface area contributed by atoms with Gasteiger partial charge in [0.2, 0.25) is 0 Å². The summed E-state index contributed by atoms with van der Waals surface area (Å²) in [4.78, 5) is 12.8. The number of aromatic nitrogens is 2. The molecule has 0 N–H and O–H groups in total. The topological polar surface area (TPSA) is 44.1 Å². The molecule has 0 fully saturated rings. The third-order valence-electron chi connectivity index (χ3n) is 4.23. The molecule has 4 aromatic rings. The lowest BCUT2D eigenvalue weighted by Crippen LogP contribution is -2.08. The zero-order valence-electron chi connectivity index (χ0n) is 14.9. The molecular formula is C23H18N2O2. The van der Waals surface area contributed by atoms with E-state index >= 15 is 0 Å². The molecule has 4 heteroatoms. The van der Waals surface area contributed by atoms with Crippen molar-refractivity contribution >= 4 is 5.97 Å². The fourth-order valence-electron chi connectivity index (χ4n) is 2.81. The van der Waals surface area contributed by atoms with Gasteiger partial charge >= 0.3 is 5.97 Å². The maximum absolute atomic E-state index is 12.8. The summed E-state index contributed by atoms with van der Waals surface area (Å²) < 4.78 is 7.25. The molecule has 0 aliphatic rings. The quantitative estimate of drug-likeness (QED) is 0.380. The molecule has 0 aliphatic carbocycles. The number of ether oxygens (including phenoxy) is 1. The van der Waals surface area contributed by atoms with Crippen LogP contribution in [0.3, 0.4) is 0 Å². The fourth-order valence-corrected chi connectivity index (χ4v) is 2.81. The second kappa shape index (κ2) is 7.30. The molecule has 0 spiro atoms. The molecule has 0 saturated heterocycles. The first-order valence-corrected chi connectivity index (χ1v) is 8.70. The highest BCUT2D eigenvalue weighted by atomic mass is 16.5. The van der Waals surface area contributed by atoms with E-state index in [0.29, 0.717) is 17.0 Å². The van der Waals surface area contributed by atoms with Crippen molar-refractivity contribution in [3.8, 4) is 22.7 Å². The molecule has 132 valence electrons. The monoisotopic (exact) mass is 354 g/mol. The molecule has 1 heterocycles. The molecule has 0 aliphatic heterocycles. The van der Waals surface area contributed by atoms with E-state index in [1.54, 1.807) is 23.0 Å². The van der Waals surface area contributed by atoms with E-state index in [0.717, 1.165) is 16.8 Å². The number of hydrogen-bond acceptors (Lipinski definition) is 3. The number of carbonyl (C=O) groups is 1. The van der Waals surface area contributed by atoms with Crippen LogP contribution in [-0.4, -0.2) is 15.7 Å². The standard InChI is InChI=1S/C23H18N2O2/c1-17-12-14-18(15-13-17)22-21(23(26)27-20-10-6-3-7-11-20)16-25(24-22)19-8-4-2-5-9-19/h2-16H,1H3. The van der Waals surface area contributed by atoms with Crippen LogP contribution in [0.5, 0.6) is 5.75 Å². The molecule has 1 aromatic heterocycles. The van der Waals surface area contributed by atoms with Gasteiger partial charge in [0, 0.05) is 11.8 Å². The average Bonchev–Trinajstić information content (AvgIpc) is 3.16. The van der Waals surface area contributed by atoms with Crippen molar-refractivity contribution < 1.29 is 9.53 Å². The Morgan fingerprint density at radius 1 is 0.852 bits per heavy atom. The van der Waals surface area contributed by atoms with Crippen LogP contribution in [-0.2, 0) is 0 Å². The summed E-state index contributed by atoms with van der Waals surface area (Å²) in [5.41, 5.74) is 3.92. The largest absolute Gasteiger partial charge is 0.423 e.